The summed E-state index contributed by atoms with van der Waals surface area (Å²) >= 11 is 1.38. The number of ether oxygens (including phenoxy) is 1. The van der Waals surface area contributed by atoms with E-state index in [0.717, 1.165) is 27.1 Å². The van der Waals surface area contributed by atoms with Crippen molar-refractivity contribution in [3.63, 3.8) is 0 Å². The van der Waals surface area contributed by atoms with Gasteiger partial charge in [-0.2, -0.15) is 0 Å². The summed E-state index contributed by atoms with van der Waals surface area (Å²) in [6.45, 7) is 5.98. The average molecular weight is 406 g/mol. The lowest BCUT2D eigenvalue weighted by Crippen LogP contribution is -2.12. The highest BCUT2D eigenvalue weighted by Gasteiger charge is 2.25. The number of carbonyl (C=O) groups excluding carboxylic acids is 2. The monoisotopic (exact) mass is 405 g/mol. The number of aryl methyl sites for hydroxylation is 2. The van der Waals surface area contributed by atoms with Crippen molar-refractivity contribution in [1.82, 2.24) is 0 Å². The molecule has 148 valence electrons. The van der Waals surface area contributed by atoms with Crippen LogP contribution in [0.1, 0.15) is 33.3 Å². The molecule has 2 aromatic carbocycles. The van der Waals surface area contributed by atoms with Gasteiger partial charge in [-0.3, -0.25) is 4.79 Å². The molecule has 1 amide bonds. The van der Waals surface area contributed by atoms with Crippen LogP contribution in [0.4, 0.5) is 5.00 Å². The molecule has 0 spiro atoms. The Bertz CT molecular complexity index is 1030. The van der Waals surface area contributed by atoms with Crippen LogP contribution in [0.25, 0.3) is 17.2 Å². The number of thiophene rings is 1. The normalized spacial score (nSPS) is 10.9. The van der Waals surface area contributed by atoms with E-state index in [9.17, 15) is 9.59 Å². The third-order valence-electron chi connectivity index (χ3n) is 4.37. The fraction of sp³-hybridized carbons (Fsp3) is 0.167. The van der Waals surface area contributed by atoms with Crippen LogP contribution in [0.3, 0.4) is 0 Å². The van der Waals surface area contributed by atoms with E-state index in [-0.39, 0.29) is 12.5 Å². The van der Waals surface area contributed by atoms with E-state index in [2.05, 4.69) is 5.32 Å². The van der Waals surface area contributed by atoms with Crippen LogP contribution < -0.4 is 5.32 Å². The molecular weight excluding hydrogens is 382 g/mol. The third-order valence-corrected chi connectivity index (χ3v) is 5.39. The van der Waals surface area contributed by atoms with Gasteiger partial charge in [0.05, 0.1) is 6.61 Å². The zero-order chi connectivity index (χ0) is 20.8. The Morgan fingerprint density at radius 1 is 1.03 bits per heavy atom. The van der Waals surface area contributed by atoms with Crippen molar-refractivity contribution in [2.75, 3.05) is 11.9 Å². The molecule has 1 heterocycles. The minimum absolute atomic E-state index is 0.267. The van der Waals surface area contributed by atoms with Crippen molar-refractivity contribution in [2.45, 2.75) is 20.8 Å². The minimum Gasteiger partial charge on any atom is -0.462 e. The number of nitrogens with one attached hydrogen (secondary N) is 1. The quantitative estimate of drug-likeness (QED) is 0.413. The third kappa shape index (κ3) is 5.00. The van der Waals surface area contributed by atoms with Crippen LogP contribution in [0.2, 0.25) is 0 Å². The Morgan fingerprint density at radius 3 is 2.38 bits per heavy atom. The molecule has 0 fully saturated rings. The molecule has 0 aliphatic heterocycles. The summed E-state index contributed by atoms with van der Waals surface area (Å²) in [5, 5.41) is 3.35. The van der Waals surface area contributed by atoms with Crippen LogP contribution in [-0.2, 0) is 9.53 Å². The summed E-state index contributed by atoms with van der Waals surface area (Å²) in [6.07, 6.45) is 3.22. The van der Waals surface area contributed by atoms with Crippen molar-refractivity contribution < 1.29 is 14.3 Å². The number of hydrogen-bond acceptors (Lipinski definition) is 4. The Labute approximate surface area is 174 Å². The summed E-state index contributed by atoms with van der Waals surface area (Å²) in [5.41, 5.74) is 4.21. The number of rotatable bonds is 6. The Hall–Kier alpha value is -3.18. The van der Waals surface area contributed by atoms with E-state index in [4.69, 9.17) is 4.74 Å². The molecule has 1 aromatic heterocycles. The van der Waals surface area contributed by atoms with Crippen LogP contribution >= 0.6 is 11.3 Å². The van der Waals surface area contributed by atoms with E-state index in [1.54, 1.807) is 13.0 Å². The highest BCUT2D eigenvalue weighted by molar-refractivity contribution is 7.17. The van der Waals surface area contributed by atoms with Gasteiger partial charge in [-0.05, 0) is 38.0 Å². The first kappa shape index (κ1) is 20.6. The van der Waals surface area contributed by atoms with Crippen molar-refractivity contribution in [2.24, 2.45) is 0 Å². The second kappa shape index (κ2) is 9.34. The molecule has 0 atom stereocenters. The zero-order valence-electron chi connectivity index (χ0n) is 16.7. The number of amides is 1. The summed E-state index contributed by atoms with van der Waals surface area (Å²) in [7, 11) is 0. The fourth-order valence-corrected chi connectivity index (χ4v) is 4.05. The minimum atomic E-state index is -0.437. The average Bonchev–Trinajstić information content (AvgIpc) is 3.04. The maximum atomic E-state index is 12.7. The smallest absolute Gasteiger partial charge is 0.341 e. The standard InChI is InChI=1S/C24H23NO3S/c1-4-28-24(27)22-21(19-8-6-5-7-9-19)17(3)29-23(22)25-20(26)15-14-18-12-10-16(2)11-13-18/h5-15H,4H2,1-3H3,(H,25,26). The lowest BCUT2D eigenvalue weighted by Gasteiger charge is -2.08. The van der Waals surface area contributed by atoms with E-state index >= 15 is 0 Å². The molecule has 0 unspecified atom stereocenters. The van der Waals surface area contributed by atoms with Gasteiger partial charge in [-0.15, -0.1) is 11.3 Å². The molecule has 0 saturated carbocycles. The van der Waals surface area contributed by atoms with Gasteiger partial charge in [0.15, 0.2) is 0 Å². The molecule has 0 saturated heterocycles. The highest BCUT2D eigenvalue weighted by Crippen LogP contribution is 2.40. The molecule has 5 heteroatoms. The van der Waals surface area contributed by atoms with Crippen LogP contribution in [0.15, 0.2) is 60.7 Å². The van der Waals surface area contributed by atoms with E-state index in [0.29, 0.717) is 10.6 Å². The van der Waals surface area contributed by atoms with Crippen LogP contribution in [-0.4, -0.2) is 18.5 Å². The second-order valence-corrected chi connectivity index (χ2v) is 7.78. The molecule has 0 aliphatic carbocycles. The number of anilines is 1. The summed E-state index contributed by atoms with van der Waals surface area (Å²) < 4.78 is 5.26. The molecule has 3 rings (SSSR count). The van der Waals surface area contributed by atoms with E-state index < -0.39 is 5.97 Å². The molecule has 0 bridgehead atoms. The number of carbonyl (C=O) groups is 2. The van der Waals surface area contributed by atoms with Gasteiger partial charge in [0.1, 0.15) is 10.6 Å². The summed E-state index contributed by atoms with van der Waals surface area (Å²) in [4.78, 5) is 26.1. The first-order chi connectivity index (χ1) is 14.0. The van der Waals surface area contributed by atoms with Gasteiger partial charge < -0.3 is 10.1 Å². The Morgan fingerprint density at radius 2 is 1.72 bits per heavy atom. The maximum absolute atomic E-state index is 12.7. The number of esters is 1. The van der Waals surface area contributed by atoms with E-state index in [1.807, 2.05) is 68.4 Å². The molecule has 4 nitrogen and oxygen atoms in total. The summed E-state index contributed by atoms with van der Waals surface area (Å²) in [6, 6.07) is 17.5. The van der Waals surface area contributed by atoms with E-state index in [1.165, 1.54) is 17.4 Å². The van der Waals surface area contributed by atoms with Crippen LogP contribution in [0.5, 0.6) is 0 Å². The summed E-state index contributed by atoms with van der Waals surface area (Å²) in [5.74, 6) is -0.731. The molecule has 0 radical (unpaired) electrons. The SMILES string of the molecule is CCOC(=O)c1c(NC(=O)C=Cc2ccc(C)cc2)sc(C)c1-c1ccccc1. The lowest BCUT2D eigenvalue weighted by molar-refractivity contribution is -0.111. The number of benzene rings is 2. The predicted molar refractivity (Wildman–Crippen MR) is 119 cm³/mol. The van der Waals surface area contributed by atoms with Crippen molar-refractivity contribution in [3.05, 3.63) is 82.2 Å². The predicted octanol–water partition coefficient (Wildman–Crippen LogP) is 5.86. The maximum Gasteiger partial charge on any atom is 0.341 e. The molecule has 3 aromatic rings. The van der Waals surface area contributed by atoms with Gasteiger partial charge in [0.25, 0.3) is 0 Å². The molecule has 0 aliphatic rings. The topological polar surface area (TPSA) is 55.4 Å². The molecule has 1 N–H and O–H groups in total. The van der Waals surface area contributed by atoms with Crippen molar-refractivity contribution in [3.8, 4) is 11.1 Å². The largest absolute Gasteiger partial charge is 0.462 e. The van der Waals surface area contributed by atoms with Crippen molar-refractivity contribution in [1.29, 1.82) is 0 Å². The number of hydrogen-bond donors (Lipinski definition) is 1. The Balaban J connectivity index is 1.91. The fourth-order valence-electron chi connectivity index (χ4n) is 2.99. The van der Waals surface area contributed by atoms with Gasteiger partial charge in [0.2, 0.25) is 5.91 Å². The lowest BCUT2D eigenvalue weighted by atomic mass is 10.0. The van der Waals surface area contributed by atoms with Gasteiger partial charge >= 0.3 is 5.97 Å². The molecular formula is C24H23NO3S. The van der Waals surface area contributed by atoms with Gasteiger partial charge in [-0.25, -0.2) is 4.79 Å². The first-order valence-electron chi connectivity index (χ1n) is 9.41. The second-order valence-electron chi connectivity index (χ2n) is 6.56. The Kier molecular flexibility index (Phi) is 6.62. The first-order valence-corrected chi connectivity index (χ1v) is 10.2. The zero-order valence-corrected chi connectivity index (χ0v) is 17.5. The highest BCUT2D eigenvalue weighted by atomic mass is 32.1. The van der Waals surface area contributed by atoms with Crippen LogP contribution in [0, 0.1) is 13.8 Å². The van der Waals surface area contributed by atoms with Gasteiger partial charge in [-0.1, -0.05) is 60.2 Å². The molecule has 29 heavy (non-hydrogen) atoms. The van der Waals surface area contributed by atoms with Gasteiger partial charge in [0, 0.05) is 16.5 Å². The van der Waals surface area contributed by atoms with Crippen molar-refractivity contribution >= 4 is 34.3 Å².